The summed E-state index contributed by atoms with van der Waals surface area (Å²) in [6, 6.07) is 6.89. The monoisotopic (exact) mass is 311 g/mol. The lowest BCUT2D eigenvalue weighted by Crippen LogP contribution is -2.28. The Balaban J connectivity index is 2.55. The van der Waals surface area contributed by atoms with Crippen LogP contribution in [0.4, 0.5) is 5.69 Å². The predicted octanol–water partition coefficient (Wildman–Crippen LogP) is 2.37. The minimum Gasteiger partial charge on any atom is -0.481 e. The third kappa shape index (κ3) is 5.40. The fourth-order valence-electron chi connectivity index (χ4n) is 1.60. The van der Waals surface area contributed by atoms with E-state index in [1.54, 1.807) is 45.2 Å². The highest BCUT2D eigenvalue weighted by Gasteiger charge is 2.29. The standard InChI is InChI=1S/C15H21NO4S/c1-15(2,14(18)19)11-4-6-12(7-5-11)16-13(17)10-21-9-8-20-3/h4-7H,8-10H2,1-3H3,(H,16,17)(H,18,19). The Hall–Kier alpha value is -1.53. The number of amides is 1. The molecule has 2 N–H and O–H groups in total. The molecule has 0 aliphatic carbocycles. The first-order chi connectivity index (χ1) is 9.87. The molecular weight excluding hydrogens is 290 g/mol. The fourth-order valence-corrected chi connectivity index (χ4v) is 2.28. The molecular formula is C15H21NO4S. The smallest absolute Gasteiger partial charge is 0.313 e. The third-order valence-electron chi connectivity index (χ3n) is 3.09. The largest absolute Gasteiger partial charge is 0.481 e. The third-order valence-corrected chi connectivity index (χ3v) is 4.01. The van der Waals surface area contributed by atoms with Crippen LogP contribution >= 0.6 is 11.8 Å². The quantitative estimate of drug-likeness (QED) is 0.721. The van der Waals surface area contributed by atoms with E-state index in [0.29, 0.717) is 23.6 Å². The molecule has 0 heterocycles. The van der Waals surface area contributed by atoms with Crippen LogP contribution in [-0.2, 0) is 19.7 Å². The predicted molar refractivity (Wildman–Crippen MR) is 84.9 cm³/mol. The van der Waals surface area contributed by atoms with Gasteiger partial charge in [0.2, 0.25) is 5.91 Å². The zero-order chi connectivity index (χ0) is 15.9. The molecule has 0 saturated carbocycles. The number of hydrogen-bond donors (Lipinski definition) is 2. The summed E-state index contributed by atoms with van der Waals surface area (Å²) in [6.45, 7) is 3.92. The zero-order valence-corrected chi connectivity index (χ0v) is 13.3. The molecule has 6 heteroatoms. The van der Waals surface area contributed by atoms with E-state index in [2.05, 4.69) is 5.32 Å². The normalized spacial score (nSPS) is 11.2. The molecule has 0 bridgehead atoms. The Morgan fingerprint density at radius 3 is 2.43 bits per heavy atom. The van der Waals surface area contributed by atoms with Crippen LogP contribution in [0.15, 0.2) is 24.3 Å². The number of carbonyl (C=O) groups excluding carboxylic acids is 1. The van der Waals surface area contributed by atoms with Crippen LogP contribution in [0, 0.1) is 0 Å². The number of carboxylic acids is 1. The van der Waals surface area contributed by atoms with Crippen molar-refractivity contribution in [2.75, 3.05) is 30.5 Å². The van der Waals surface area contributed by atoms with Crippen LogP contribution in [0.5, 0.6) is 0 Å². The van der Waals surface area contributed by atoms with Gasteiger partial charge in [0.05, 0.1) is 17.8 Å². The van der Waals surface area contributed by atoms with Crippen molar-refractivity contribution in [1.82, 2.24) is 0 Å². The summed E-state index contributed by atoms with van der Waals surface area (Å²) in [4.78, 5) is 22.9. The van der Waals surface area contributed by atoms with Gasteiger partial charge in [-0.05, 0) is 31.5 Å². The number of aliphatic carboxylic acids is 1. The van der Waals surface area contributed by atoms with Crippen molar-refractivity contribution < 1.29 is 19.4 Å². The molecule has 1 amide bonds. The van der Waals surface area contributed by atoms with Crippen LogP contribution in [0.1, 0.15) is 19.4 Å². The minimum atomic E-state index is -0.946. The van der Waals surface area contributed by atoms with Gasteiger partial charge < -0.3 is 15.2 Å². The Bertz CT molecular complexity index is 485. The van der Waals surface area contributed by atoms with Crippen molar-refractivity contribution in [3.8, 4) is 0 Å². The van der Waals surface area contributed by atoms with Crippen molar-refractivity contribution >= 4 is 29.3 Å². The highest BCUT2D eigenvalue weighted by atomic mass is 32.2. The van der Waals surface area contributed by atoms with Gasteiger partial charge in [0, 0.05) is 18.6 Å². The van der Waals surface area contributed by atoms with Crippen molar-refractivity contribution in [2.45, 2.75) is 19.3 Å². The Morgan fingerprint density at radius 1 is 1.29 bits per heavy atom. The van der Waals surface area contributed by atoms with Crippen molar-refractivity contribution in [3.63, 3.8) is 0 Å². The first kappa shape index (κ1) is 17.5. The van der Waals surface area contributed by atoms with E-state index in [1.807, 2.05) is 0 Å². The summed E-state index contributed by atoms with van der Waals surface area (Å²) in [5, 5.41) is 11.9. The number of hydrogen-bond acceptors (Lipinski definition) is 4. The molecule has 1 aromatic rings. The second-order valence-corrected chi connectivity index (χ2v) is 6.21. The topological polar surface area (TPSA) is 75.6 Å². The van der Waals surface area contributed by atoms with E-state index in [0.717, 1.165) is 5.75 Å². The number of ether oxygens (including phenoxy) is 1. The lowest BCUT2D eigenvalue weighted by Gasteiger charge is -2.19. The van der Waals surface area contributed by atoms with Gasteiger partial charge in [-0.1, -0.05) is 12.1 Å². The van der Waals surface area contributed by atoms with E-state index in [-0.39, 0.29) is 5.91 Å². The van der Waals surface area contributed by atoms with Gasteiger partial charge >= 0.3 is 5.97 Å². The molecule has 116 valence electrons. The molecule has 0 saturated heterocycles. The van der Waals surface area contributed by atoms with Gasteiger partial charge in [0.1, 0.15) is 0 Å². The molecule has 0 aliphatic rings. The van der Waals surface area contributed by atoms with Gasteiger partial charge in [-0.15, -0.1) is 11.8 Å². The van der Waals surface area contributed by atoms with E-state index in [4.69, 9.17) is 9.84 Å². The van der Waals surface area contributed by atoms with E-state index in [9.17, 15) is 9.59 Å². The Kier molecular flexibility index (Phi) is 6.71. The molecule has 0 spiro atoms. The number of anilines is 1. The van der Waals surface area contributed by atoms with E-state index >= 15 is 0 Å². The SMILES string of the molecule is COCCSCC(=O)Nc1ccc(C(C)(C)C(=O)O)cc1. The molecule has 0 radical (unpaired) electrons. The maximum atomic E-state index is 11.7. The highest BCUT2D eigenvalue weighted by Crippen LogP contribution is 2.24. The van der Waals surface area contributed by atoms with Gasteiger partial charge in [0.25, 0.3) is 0 Å². The molecule has 5 nitrogen and oxygen atoms in total. The van der Waals surface area contributed by atoms with E-state index in [1.165, 1.54) is 11.8 Å². The maximum absolute atomic E-state index is 11.7. The Morgan fingerprint density at radius 2 is 1.90 bits per heavy atom. The number of thioether (sulfide) groups is 1. The highest BCUT2D eigenvalue weighted by molar-refractivity contribution is 7.99. The zero-order valence-electron chi connectivity index (χ0n) is 12.5. The maximum Gasteiger partial charge on any atom is 0.313 e. The second kappa shape index (κ2) is 8.05. The average Bonchev–Trinajstić information content (AvgIpc) is 2.44. The van der Waals surface area contributed by atoms with Crippen LogP contribution in [0.25, 0.3) is 0 Å². The molecule has 1 rings (SSSR count). The lowest BCUT2D eigenvalue weighted by molar-refractivity contribution is -0.142. The van der Waals surface area contributed by atoms with Gasteiger partial charge in [-0.2, -0.15) is 0 Å². The Labute approximate surface area is 129 Å². The molecule has 0 aliphatic heterocycles. The van der Waals surface area contributed by atoms with Crippen molar-refractivity contribution in [3.05, 3.63) is 29.8 Å². The van der Waals surface area contributed by atoms with Crippen LogP contribution in [0.2, 0.25) is 0 Å². The number of nitrogens with one attached hydrogen (secondary N) is 1. The summed E-state index contributed by atoms with van der Waals surface area (Å²) >= 11 is 1.50. The van der Waals surface area contributed by atoms with Crippen molar-refractivity contribution in [2.24, 2.45) is 0 Å². The molecule has 1 aromatic carbocycles. The summed E-state index contributed by atoms with van der Waals surface area (Å²) in [5.41, 5.74) is 0.415. The van der Waals surface area contributed by atoms with Gasteiger partial charge in [-0.25, -0.2) is 0 Å². The van der Waals surface area contributed by atoms with Crippen molar-refractivity contribution in [1.29, 1.82) is 0 Å². The van der Waals surface area contributed by atoms with Crippen LogP contribution in [0.3, 0.4) is 0 Å². The van der Waals surface area contributed by atoms with E-state index < -0.39 is 11.4 Å². The summed E-state index contributed by atoms with van der Waals surface area (Å²) in [7, 11) is 1.63. The first-order valence-electron chi connectivity index (χ1n) is 6.58. The summed E-state index contributed by atoms with van der Waals surface area (Å²) < 4.78 is 4.91. The molecule has 0 aromatic heterocycles. The second-order valence-electron chi connectivity index (χ2n) is 5.10. The molecule has 0 atom stereocenters. The van der Waals surface area contributed by atoms with Gasteiger partial charge in [-0.3, -0.25) is 9.59 Å². The number of methoxy groups -OCH3 is 1. The number of rotatable bonds is 8. The molecule has 0 unspecified atom stereocenters. The number of carbonyl (C=O) groups is 2. The summed E-state index contributed by atoms with van der Waals surface area (Å²) in [6.07, 6.45) is 0. The number of benzene rings is 1. The lowest BCUT2D eigenvalue weighted by atomic mass is 9.85. The molecule has 21 heavy (non-hydrogen) atoms. The minimum absolute atomic E-state index is 0.0821. The molecule has 0 fully saturated rings. The van der Waals surface area contributed by atoms with Crippen LogP contribution in [-0.4, -0.2) is 42.2 Å². The van der Waals surface area contributed by atoms with Gasteiger partial charge in [0.15, 0.2) is 0 Å². The summed E-state index contributed by atoms with van der Waals surface area (Å²) in [5.74, 6) is 0.177. The van der Waals surface area contributed by atoms with Crippen LogP contribution < -0.4 is 5.32 Å². The first-order valence-corrected chi connectivity index (χ1v) is 7.74. The average molecular weight is 311 g/mol. The fraction of sp³-hybridized carbons (Fsp3) is 0.467. The number of carboxylic acid groups (broad SMARTS) is 1.